The second-order valence-electron chi connectivity index (χ2n) is 4.34. The highest BCUT2D eigenvalue weighted by atomic mass is 35.5. The average molecular weight is 320 g/mol. The van der Waals surface area contributed by atoms with Gasteiger partial charge >= 0.3 is 5.97 Å². The fourth-order valence-corrected chi connectivity index (χ4v) is 2.15. The Hall–Kier alpha value is -2.65. The number of nitriles is 1. The molecule has 1 aromatic carbocycles. The van der Waals surface area contributed by atoms with E-state index < -0.39 is 5.97 Å². The molecule has 22 heavy (non-hydrogen) atoms. The number of methoxy groups -OCH3 is 1. The van der Waals surface area contributed by atoms with Gasteiger partial charge in [0.25, 0.3) is 0 Å². The van der Waals surface area contributed by atoms with Gasteiger partial charge in [0.15, 0.2) is 0 Å². The Bertz CT molecular complexity index is 788. The molecular formula is C15H11ClFN3O2. The lowest BCUT2D eigenvalue weighted by molar-refractivity contribution is -0.135. The van der Waals surface area contributed by atoms with Gasteiger partial charge in [0.05, 0.1) is 18.5 Å². The van der Waals surface area contributed by atoms with Crippen molar-refractivity contribution in [3.05, 3.63) is 52.1 Å². The van der Waals surface area contributed by atoms with E-state index in [0.29, 0.717) is 16.9 Å². The number of aromatic nitrogens is 2. The van der Waals surface area contributed by atoms with E-state index in [1.807, 2.05) is 0 Å². The third-order valence-electron chi connectivity index (χ3n) is 2.93. The van der Waals surface area contributed by atoms with Gasteiger partial charge in [-0.25, -0.2) is 13.9 Å². The summed E-state index contributed by atoms with van der Waals surface area (Å²) in [5, 5.41) is 13.4. The molecule has 0 unspecified atom stereocenters. The molecule has 0 amide bonds. The molecule has 0 aliphatic carbocycles. The number of aryl methyl sites for hydroxylation is 1. The lowest BCUT2D eigenvalue weighted by Crippen LogP contribution is -2.02. The van der Waals surface area contributed by atoms with Crippen LogP contribution in [0.2, 0.25) is 5.15 Å². The molecule has 0 fully saturated rings. The summed E-state index contributed by atoms with van der Waals surface area (Å²) in [7, 11) is 1.18. The van der Waals surface area contributed by atoms with Gasteiger partial charge in [-0.15, -0.1) is 0 Å². The number of rotatable bonds is 3. The largest absolute Gasteiger partial charge is 0.465 e. The van der Waals surface area contributed by atoms with Crippen LogP contribution in [-0.2, 0) is 9.53 Å². The van der Waals surface area contributed by atoms with Crippen molar-refractivity contribution in [2.75, 3.05) is 7.11 Å². The number of benzene rings is 1. The van der Waals surface area contributed by atoms with E-state index in [0.717, 1.165) is 0 Å². The predicted molar refractivity (Wildman–Crippen MR) is 78.9 cm³/mol. The first-order chi connectivity index (χ1) is 10.5. The molecule has 5 nitrogen and oxygen atoms in total. The van der Waals surface area contributed by atoms with Crippen LogP contribution in [0.15, 0.2) is 29.8 Å². The lowest BCUT2D eigenvalue weighted by atomic mass is 10.1. The molecule has 0 aliphatic rings. The zero-order valence-electron chi connectivity index (χ0n) is 11.8. The molecule has 7 heteroatoms. The van der Waals surface area contributed by atoms with Crippen LogP contribution in [0.4, 0.5) is 4.39 Å². The van der Waals surface area contributed by atoms with Gasteiger partial charge in [0.2, 0.25) is 0 Å². The summed E-state index contributed by atoms with van der Waals surface area (Å²) in [6, 6.07) is 7.36. The molecule has 0 aliphatic heterocycles. The number of nitrogens with zero attached hydrogens (tertiary/aromatic N) is 3. The van der Waals surface area contributed by atoms with Crippen LogP contribution < -0.4 is 0 Å². The van der Waals surface area contributed by atoms with Crippen LogP contribution in [0, 0.1) is 24.1 Å². The van der Waals surface area contributed by atoms with E-state index in [2.05, 4.69) is 9.84 Å². The van der Waals surface area contributed by atoms with Gasteiger partial charge in [-0.3, -0.25) is 0 Å². The summed E-state index contributed by atoms with van der Waals surface area (Å²) in [5.41, 5.74) is 1.32. The Kier molecular flexibility index (Phi) is 4.59. The normalized spacial score (nSPS) is 11.1. The molecule has 0 saturated carbocycles. The number of ether oxygens (including phenoxy) is 1. The van der Waals surface area contributed by atoms with E-state index in [-0.39, 0.29) is 16.5 Å². The Morgan fingerprint density at radius 1 is 1.45 bits per heavy atom. The summed E-state index contributed by atoms with van der Waals surface area (Å²) in [4.78, 5) is 11.5. The van der Waals surface area contributed by atoms with Gasteiger partial charge in [-0.05, 0) is 37.3 Å². The third-order valence-corrected chi connectivity index (χ3v) is 3.30. The summed E-state index contributed by atoms with van der Waals surface area (Å²) in [6.07, 6.45) is 1.32. The van der Waals surface area contributed by atoms with Gasteiger partial charge in [0.1, 0.15) is 22.6 Å². The minimum absolute atomic E-state index is 0.189. The van der Waals surface area contributed by atoms with Crippen molar-refractivity contribution in [2.24, 2.45) is 0 Å². The lowest BCUT2D eigenvalue weighted by Gasteiger charge is -2.02. The SMILES string of the molecule is COC(=O)/C(C#N)=C/c1c(C)nn(-c2ccc(F)cc2)c1Cl. The Morgan fingerprint density at radius 3 is 2.64 bits per heavy atom. The van der Waals surface area contributed by atoms with E-state index in [9.17, 15) is 9.18 Å². The molecule has 0 spiro atoms. The maximum Gasteiger partial charge on any atom is 0.348 e. The first-order valence-corrected chi connectivity index (χ1v) is 6.57. The molecule has 0 N–H and O–H groups in total. The molecule has 0 atom stereocenters. The van der Waals surface area contributed by atoms with Crippen molar-refractivity contribution in [1.29, 1.82) is 5.26 Å². The van der Waals surface area contributed by atoms with E-state index >= 15 is 0 Å². The highest BCUT2D eigenvalue weighted by molar-refractivity contribution is 6.31. The molecule has 2 aromatic rings. The van der Waals surface area contributed by atoms with Crippen molar-refractivity contribution in [3.8, 4) is 11.8 Å². The van der Waals surface area contributed by atoms with E-state index in [4.69, 9.17) is 16.9 Å². The number of carbonyl (C=O) groups excluding carboxylic acids is 1. The van der Waals surface area contributed by atoms with Crippen molar-refractivity contribution in [3.63, 3.8) is 0 Å². The third kappa shape index (κ3) is 3.00. The number of carbonyl (C=O) groups is 1. The maximum atomic E-state index is 13.0. The quantitative estimate of drug-likeness (QED) is 0.495. The second-order valence-corrected chi connectivity index (χ2v) is 4.70. The minimum atomic E-state index is -0.757. The minimum Gasteiger partial charge on any atom is -0.465 e. The zero-order valence-corrected chi connectivity index (χ0v) is 12.6. The number of esters is 1. The molecular weight excluding hydrogens is 309 g/mol. The molecule has 2 rings (SSSR count). The van der Waals surface area contributed by atoms with E-state index in [1.165, 1.54) is 42.1 Å². The first kappa shape index (κ1) is 15.7. The zero-order chi connectivity index (χ0) is 16.3. The van der Waals surface area contributed by atoms with Gasteiger partial charge < -0.3 is 4.74 Å². The molecule has 1 aromatic heterocycles. The Balaban J connectivity index is 2.52. The monoisotopic (exact) mass is 319 g/mol. The standard InChI is InChI=1S/C15H11ClFN3O2/c1-9-13(7-10(8-18)15(21)22-2)14(16)20(19-9)12-5-3-11(17)4-6-12/h3-7H,1-2H3/b10-7+. The summed E-state index contributed by atoms with van der Waals surface area (Å²) in [5.74, 6) is -1.13. The molecule has 112 valence electrons. The molecule has 0 bridgehead atoms. The molecule has 0 radical (unpaired) electrons. The van der Waals surface area contributed by atoms with E-state index in [1.54, 1.807) is 13.0 Å². The predicted octanol–water partition coefficient (Wildman–Crippen LogP) is 3.05. The van der Waals surface area contributed by atoms with Crippen LogP contribution in [0.3, 0.4) is 0 Å². The average Bonchev–Trinajstić information content (AvgIpc) is 2.80. The fourth-order valence-electron chi connectivity index (χ4n) is 1.82. The van der Waals surface area contributed by atoms with Gasteiger partial charge in [0, 0.05) is 5.56 Å². The van der Waals surface area contributed by atoms with Crippen molar-refractivity contribution in [1.82, 2.24) is 9.78 Å². The van der Waals surface area contributed by atoms with Crippen LogP contribution in [0.5, 0.6) is 0 Å². The second kappa shape index (κ2) is 6.41. The van der Waals surface area contributed by atoms with Crippen molar-refractivity contribution in [2.45, 2.75) is 6.92 Å². The molecule has 0 saturated heterocycles. The Labute approximate surface area is 131 Å². The topological polar surface area (TPSA) is 67.9 Å². The van der Waals surface area contributed by atoms with Gasteiger partial charge in [-0.1, -0.05) is 11.6 Å². The number of hydrogen-bond acceptors (Lipinski definition) is 4. The van der Waals surface area contributed by atoms with Crippen LogP contribution in [0.1, 0.15) is 11.3 Å². The first-order valence-electron chi connectivity index (χ1n) is 6.19. The Morgan fingerprint density at radius 2 is 2.09 bits per heavy atom. The number of halogens is 2. The smallest absolute Gasteiger partial charge is 0.348 e. The van der Waals surface area contributed by atoms with Gasteiger partial charge in [-0.2, -0.15) is 10.4 Å². The van der Waals surface area contributed by atoms with Crippen molar-refractivity contribution >= 4 is 23.6 Å². The van der Waals surface area contributed by atoms with Crippen molar-refractivity contribution < 1.29 is 13.9 Å². The highest BCUT2D eigenvalue weighted by Crippen LogP contribution is 2.26. The van der Waals surface area contributed by atoms with Crippen LogP contribution >= 0.6 is 11.6 Å². The number of hydrogen-bond donors (Lipinski definition) is 0. The highest BCUT2D eigenvalue weighted by Gasteiger charge is 2.16. The summed E-state index contributed by atoms with van der Waals surface area (Å²) in [6.45, 7) is 1.68. The molecule has 1 heterocycles. The van der Waals surface area contributed by atoms with Crippen LogP contribution in [-0.4, -0.2) is 22.9 Å². The summed E-state index contributed by atoms with van der Waals surface area (Å²) >= 11 is 6.25. The summed E-state index contributed by atoms with van der Waals surface area (Å²) < 4.78 is 18.9. The fraction of sp³-hybridized carbons (Fsp3) is 0.133. The van der Waals surface area contributed by atoms with Crippen LogP contribution in [0.25, 0.3) is 11.8 Å². The maximum absolute atomic E-state index is 13.0.